The normalized spacial score (nSPS) is 18.1. The van der Waals surface area contributed by atoms with Crippen molar-refractivity contribution in [3.8, 4) is 11.8 Å². The van der Waals surface area contributed by atoms with E-state index < -0.39 is 0 Å². The Morgan fingerprint density at radius 3 is 3.05 bits per heavy atom. The number of hydrogen-bond acceptors (Lipinski definition) is 4. The zero-order valence-electron chi connectivity index (χ0n) is 12.0. The molecule has 0 aliphatic carbocycles. The number of carbonyl (C=O) groups is 1. The molecule has 1 unspecified atom stereocenters. The van der Waals surface area contributed by atoms with Crippen molar-refractivity contribution in [2.45, 2.75) is 19.3 Å². The number of piperidine rings is 1. The van der Waals surface area contributed by atoms with Crippen LogP contribution in [0.2, 0.25) is 0 Å². The van der Waals surface area contributed by atoms with Crippen molar-refractivity contribution in [3.63, 3.8) is 0 Å². The van der Waals surface area contributed by atoms with Gasteiger partial charge >= 0.3 is 0 Å². The lowest BCUT2D eigenvalue weighted by Gasteiger charge is -2.32. The second-order valence-electron chi connectivity index (χ2n) is 5.26. The number of nitriles is 1. The predicted molar refractivity (Wildman–Crippen MR) is 77.7 cm³/mol. The van der Waals surface area contributed by atoms with E-state index in [1.807, 2.05) is 6.07 Å². The van der Waals surface area contributed by atoms with Crippen molar-refractivity contribution in [1.29, 1.82) is 5.26 Å². The summed E-state index contributed by atoms with van der Waals surface area (Å²) in [7, 11) is 0. The molecule has 112 valence electrons. The van der Waals surface area contributed by atoms with E-state index in [2.05, 4.69) is 0 Å². The summed E-state index contributed by atoms with van der Waals surface area (Å²) in [5.74, 6) is 0.752. The molecule has 1 aliphatic heterocycles. The standard InChI is InChI=1S/C16H20N2O3/c17-10-14-5-1-2-6-15(14)21-12-16(20)18-8-3-4-13(11-18)7-9-19/h1-2,5-6,13,19H,3-4,7-9,11-12H2. The van der Waals surface area contributed by atoms with Gasteiger partial charge in [0, 0.05) is 19.7 Å². The van der Waals surface area contributed by atoms with E-state index in [1.165, 1.54) is 0 Å². The van der Waals surface area contributed by atoms with Gasteiger partial charge in [0.05, 0.1) is 5.56 Å². The minimum Gasteiger partial charge on any atom is -0.482 e. The molecule has 0 aromatic heterocycles. The summed E-state index contributed by atoms with van der Waals surface area (Å²) < 4.78 is 5.48. The number of para-hydroxylation sites is 1. The maximum Gasteiger partial charge on any atom is 0.260 e. The van der Waals surface area contributed by atoms with Crippen LogP contribution in [0.1, 0.15) is 24.8 Å². The van der Waals surface area contributed by atoms with Gasteiger partial charge in [0.15, 0.2) is 6.61 Å². The highest BCUT2D eigenvalue weighted by molar-refractivity contribution is 5.78. The largest absolute Gasteiger partial charge is 0.482 e. The molecule has 0 radical (unpaired) electrons. The van der Waals surface area contributed by atoms with E-state index in [4.69, 9.17) is 15.1 Å². The van der Waals surface area contributed by atoms with Crippen molar-refractivity contribution >= 4 is 5.91 Å². The van der Waals surface area contributed by atoms with Gasteiger partial charge in [0.2, 0.25) is 0 Å². The first-order valence-corrected chi connectivity index (χ1v) is 7.25. The highest BCUT2D eigenvalue weighted by Crippen LogP contribution is 2.20. The van der Waals surface area contributed by atoms with Crippen molar-refractivity contribution in [2.75, 3.05) is 26.3 Å². The lowest BCUT2D eigenvalue weighted by Crippen LogP contribution is -2.42. The van der Waals surface area contributed by atoms with E-state index in [0.717, 1.165) is 25.8 Å². The van der Waals surface area contributed by atoms with Crippen LogP contribution >= 0.6 is 0 Å². The molecule has 1 saturated heterocycles. The Morgan fingerprint density at radius 2 is 2.29 bits per heavy atom. The number of ether oxygens (including phenoxy) is 1. The Bertz CT molecular complexity index is 522. The summed E-state index contributed by atoms with van der Waals surface area (Å²) in [6, 6.07) is 8.94. The third-order valence-corrected chi connectivity index (χ3v) is 3.77. The van der Waals surface area contributed by atoms with Gasteiger partial charge in [-0.2, -0.15) is 5.26 Å². The molecule has 1 N–H and O–H groups in total. The van der Waals surface area contributed by atoms with Gasteiger partial charge in [-0.05, 0) is 37.3 Å². The Hall–Kier alpha value is -2.06. The van der Waals surface area contributed by atoms with E-state index in [0.29, 0.717) is 23.8 Å². The highest BCUT2D eigenvalue weighted by atomic mass is 16.5. The number of nitrogens with zero attached hydrogens (tertiary/aromatic N) is 2. The molecular weight excluding hydrogens is 268 g/mol. The number of hydrogen-bond donors (Lipinski definition) is 1. The summed E-state index contributed by atoms with van der Waals surface area (Å²) in [5, 5.41) is 18.0. The molecule has 1 aromatic carbocycles. The molecule has 2 rings (SSSR count). The second-order valence-corrected chi connectivity index (χ2v) is 5.26. The summed E-state index contributed by atoms with van der Waals surface area (Å²) in [6.07, 6.45) is 2.76. The van der Waals surface area contributed by atoms with E-state index in [9.17, 15) is 4.79 Å². The van der Waals surface area contributed by atoms with Crippen LogP contribution in [-0.2, 0) is 4.79 Å². The molecule has 5 nitrogen and oxygen atoms in total. The number of benzene rings is 1. The Morgan fingerprint density at radius 1 is 1.48 bits per heavy atom. The molecule has 5 heteroatoms. The van der Waals surface area contributed by atoms with E-state index in [-0.39, 0.29) is 19.1 Å². The van der Waals surface area contributed by atoms with Crippen LogP contribution in [0.25, 0.3) is 0 Å². The molecule has 1 heterocycles. The minimum absolute atomic E-state index is 0.0511. The quantitative estimate of drug-likeness (QED) is 0.892. The maximum atomic E-state index is 12.2. The Kier molecular flexibility index (Phi) is 5.59. The van der Waals surface area contributed by atoms with E-state index in [1.54, 1.807) is 29.2 Å². The highest BCUT2D eigenvalue weighted by Gasteiger charge is 2.23. The van der Waals surface area contributed by atoms with E-state index >= 15 is 0 Å². The average Bonchev–Trinajstić information content (AvgIpc) is 2.53. The topological polar surface area (TPSA) is 73.6 Å². The number of amides is 1. The fourth-order valence-corrected chi connectivity index (χ4v) is 2.63. The van der Waals surface area contributed by atoms with Crippen molar-refractivity contribution in [3.05, 3.63) is 29.8 Å². The van der Waals surface area contributed by atoms with Crippen LogP contribution < -0.4 is 4.74 Å². The molecule has 0 saturated carbocycles. The summed E-state index contributed by atoms with van der Waals surface area (Å²) in [5.41, 5.74) is 0.433. The second kappa shape index (κ2) is 7.65. The van der Waals surface area contributed by atoms with Gasteiger partial charge in [-0.1, -0.05) is 12.1 Å². The van der Waals surface area contributed by atoms with Gasteiger partial charge in [-0.15, -0.1) is 0 Å². The van der Waals surface area contributed by atoms with Crippen molar-refractivity contribution in [2.24, 2.45) is 5.92 Å². The van der Waals surface area contributed by atoms with Crippen LogP contribution in [0.15, 0.2) is 24.3 Å². The Labute approximate surface area is 124 Å². The zero-order valence-corrected chi connectivity index (χ0v) is 12.0. The van der Waals surface area contributed by atoms with Gasteiger partial charge in [0.25, 0.3) is 5.91 Å². The first-order valence-electron chi connectivity index (χ1n) is 7.25. The maximum absolute atomic E-state index is 12.2. The molecule has 1 aliphatic rings. The molecule has 0 spiro atoms. The predicted octanol–water partition coefficient (Wildman–Crippen LogP) is 1.56. The lowest BCUT2D eigenvalue weighted by atomic mass is 9.95. The zero-order chi connectivity index (χ0) is 15.1. The fraction of sp³-hybridized carbons (Fsp3) is 0.500. The number of aliphatic hydroxyl groups excluding tert-OH is 1. The van der Waals surface area contributed by atoms with Crippen LogP contribution in [0.5, 0.6) is 5.75 Å². The molecule has 1 atom stereocenters. The van der Waals surface area contributed by atoms with Gasteiger partial charge in [-0.25, -0.2) is 0 Å². The Balaban J connectivity index is 1.88. The summed E-state index contributed by atoms with van der Waals surface area (Å²) in [6.45, 7) is 1.54. The van der Waals surface area contributed by atoms with Crippen molar-refractivity contribution < 1.29 is 14.6 Å². The minimum atomic E-state index is -0.0645. The average molecular weight is 288 g/mol. The molecule has 1 aromatic rings. The fourth-order valence-electron chi connectivity index (χ4n) is 2.63. The number of carbonyl (C=O) groups excluding carboxylic acids is 1. The SMILES string of the molecule is N#Cc1ccccc1OCC(=O)N1CCCC(CCO)C1. The molecule has 1 fully saturated rings. The summed E-state index contributed by atoms with van der Waals surface area (Å²) >= 11 is 0. The van der Waals surface area contributed by atoms with Crippen LogP contribution in [0.3, 0.4) is 0 Å². The van der Waals surface area contributed by atoms with Gasteiger partial charge in [-0.3, -0.25) is 4.79 Å². The van der Waals surface area contributed by atoms with Crippen molar-refractivity contribution in [1.82, 2.24) is 4.90 Å². The monoisotopic (exact) mass is 288 g/mol. The number of aliphatic hydroxyl groups is 1. The number of likely N-dealkylation sites (tertiary alicyclic amines) is 1. The van der Waals surface area contributed by atoms with Crippen LogP contribution in [0.4, 0.5) is 0 Å². The van der Waals surface area contributed by atoms with Gasteiger partial charge in [0.1, 0.15) is 11.8 Å². The van der Waals surface area contributed by atoms with Crippen LogP contribution in [0, 0.1) is 17.2 Å². The van der Waals surface area contributed by atoms with Crippen LogP contribution in [-0.4, -0.2) is 42.2 Å². The first-order chi connectivity index (χ1) is 10.2. The molecule has 0 bridgehead atoms. The third-order valence-electron chi connectivity index (χ3n) is 3.77. The lowest BCUT2D eigenvalue weighted by molar-refractivity contribution is -0.135. The number of rotatable bonds is 5. The van der Waals surface area contributed by atoms with Gasteiger partial charge < -0.3 is 14.7 Å². The molecule has 1 amide bonds. The smallest absolute Gasteiger partial charge is 0.260 e. The first kappa shape index (κ1) is 15.3. The summed E-state index contributed by atoms with van der Waals surface area (Å²) in [4.78, 5) is 14.0. The molecule has 21 heavy (non-hydrogen) atoms. The molecular formula is C16H20N2O3. The third kappa shape index (κ3) is 4.20.